The molecule has 4 aromatic carbocycles. The highest BCUT2D eigenvalue weighted by Gasteiger charge is 2.20. The fourth-order valence-corrected chi connectivity index (χ4v) is 9.64. The molecule has 0 spiro atoms. The number of unbranched alkanes of at least 4 members (excludes halogenated alkanes) is 2. The second-order valence-corrected chi connectivity index (χ2v) is 17.0. The highest BCUT2D eigenvalue weighted by molar-refractivity contribution is 9.10. The Morgan fingerprint density at radius 2 is 1.27 bits per heavy atom. The van der Waals surface area contributed by atoms with Crippen LogP contribution in [0.25, 0.3) is 21.8 Å². The average molecular weight is 860 g/mol. The summed E-state index contributed by atoms with van der Waals surface area (Å²) in [4.78, 5) is 18.0. The number of aromatic nitrogens is 2. The second kappa shape index (κ2) is 20.1. The normalized spacial score (nSPS) is 15.4. The highest BCUT2D eigenvalue weighted by Crippen LogP contribution is 2.32. The van der Waals surface area contributed by atoms with Crippen LogP contribution < -0.4 is 14.5 Å². The third-order valence-electron chi connectivity index (χ3n) is 10.9. The lowest BCUT2D eigenvalue weighted by Crippen LogP contribution is -2.46. The minimum atomic E-state index is -0.258. The van der Waals surface area contributed by atoms with E-state index in [2.05, 4.69) is 107 Å². The molecule has 6 aromatic rings. The molecular formula is C45H53BrClFN6OS. The number of hydrogen-bond acceptors (Lipinski definition) is 6. The Kier molecular flexibility index (Phi) is 14.6. The maximum atomic E-state index is 13.1. The molecule has 2 N–H and O–H groups in total. The van der Waals surface area contributed by atoms with E-state index in [1.165, 1.54) is 75.2 Å². The van der Waals surface area contributed by atoms with Gasteiger partial charge in [-0.15, -0.1) is 11.8 Å². The molecule has 56 heavy (non-hydrogen) atoms. The van der Waals surface area contributed by atoms with Crippen molar-refractivity contribution >= 4 is 72.5 Å². The first kappa shape index (κ1) is 40.5. The second-order valence-electron chi connectivity index (χ2n) is 14.7. The Balaban J connectivity index is 0.000000172. The van der Waals surface area contributed by atoms with Gasteiger partial charge in [-0.05, 0) is 134 Å². The van der Waals surface area contributed by atoms with Gasteiger partial charge in [-0.1, -0.05) is 35.9 Å². The lowest BCUT2D eigenvalue weighted by Gasteiger charge is -2.36. The van der Waals surface area contributed by atoms with Gasteiger partial charge in [-0.2, -0.15) is 0 Å². The molecule has 11 heteroatoms. The predicted octanol–water partition coefficient (Wildman–Crippen LogP) is 10.9. The van der Waals surface area contributed by atoms with E-state index in [4.69, 9.17) is 16.3 Å². The molecule has 7 nitrogen and oxygen atoms in total. The van der Waals surface area contributed by atoms with Crippen molar-refractivity contribution in [3.05, 3.63) is 118 Å². The Bertz CT molecular complexity index is 2120. The molecule has 0 radical (unpaired) electrons. The van der Waals surface area contributed by atoms with Crippen molar-refractivity contribution in [2.75, 3.05) is 87.6 Å². The van der Waals surface area contributed by atoms with Crippen molar-refractivity contribution in [2.24, 2.45) is 0 Å². The summed E-state index contributed by atoms with van der Waals surface area (Å²) >= 11 is 11.6. The maximum absolute atomic E-state index is 13.1. The summed E-state index contributed by atoms with van der Waals surface area (Å²) in [5.41, 5.74) is 6.41. The third kappa shape index (κ3) is 10.6. The van der Waals surface area contributed by atoms with Gasteiger partial charge in [0.2, 0.25) is 0 Å². The number of aromatic amines is 2. The highest BCUT2D eigenvalue weighted by atomic mass is 79.9. The number of piperazine rings is 2. The van der Waals surface area contributed by atoms with Crippen LogP contribution in [0.3, 0.4) is 0 Å². The summed E-state index contributed by atoms with van der Waals surface area (Å²) in [6.07, 6.45) is 8.63. The monoisotopic (exact) mass is 858 g/mol. The van der Waals surface area contributed by atoms with Crippen LogP contribution in [0.2, 0.25) is 5.02 Å². The van der Waals surface area contributed by atoms with Gasteiger partial charge >= 0.3 is 0 Å². The molecule has 0 saturated carbocycles. The fourth-order valence-electron chi connectivity index (χ4n) is 7.74. The molecule has 2 aliphatic heterocycles. The van der Waals surface area contributed by atoms with Gasteiger partial charge < -0.3 is 24.5 Å². The maximum Gasteiger partial charge on any atom is 0.133 e. The molecule has 0 unspecified atom stereocenters. The summed E-state index contributed by atoms with van der Waals surface area (Å²) in [5, 5.41) is 3.53. The smallest absolute Gasteiger partial charge is 0.133 e. The average Bonchev–Trinajstić information content (AvgIpc) is 3.91. The molecule has 2 fully saturated rings. The van der Waals surface area contributed by atoms with Crippen molar-refractivity contribution in [3.8, 4) is 5.75 Å². The zero-order valence-electron chi connectivity index (χ0n) is 32.3. The van der Waals surface area contributed by atoms with Crippen LogP contribution in [0.15, 0.2) is 107 Å². The van der Waals surface area contributed by atoms with Crippen molar-refractivity contribution < 1.29 is 9.13 Å². The minimum Gasteiger partial charge on any atom is -0.492 e. The molecule has 0 atom stereocenters. The van der Waals surface area contributed by atoms with Crippen LogP contribution in [-0.4, -0.2) is 97.6 Å². The first-order chi connectivity index (χ1) is 27.4. The van der Waals surface area contributed by atoms with Gasteiger partial charge in [-0.3, -0.25) is 9.80 Å². The molecule has 8 rings (SSSR count). The molecule has 2 aliphatic rings. The third-order valence-corrected chi connectivity index (χ3v) is 13.2. The van der Waals surface area contributed by atoms with Gasteiger partial charge in [0.1, 0.15) is 11.6 Å². The fraction of sp³-hybridized carbons (Fsp3) is 0.378. The number of benzene rings is 4. The lowest BCUT2D eigenvalue weighted by molar-refractivity contribution is 0.238. The largest absolute Gasteiger partial charge is 0.492 e. The van der Waals surface area contributed by atoms with Crippen LogP contribution in [0.4, 0.5) is 15.8 Å². The van der Waals surface area contributed by atoms with E-state index < -0.39 is 0 Å². The summed E-state index contributed by atoms with van der Waals surface area (Å²) in [5.74, 6) is 1.58. The summed E-state index contributed by atoms with van der Waals surface area (Å²) in [7, 11) is 0. The standard InChI is InChI=1S/C23H28ClN3S.C22H25BrFN3O/c1-18-6-4-7-20(24)23(18)28-17-3-2-12-26-13-15-27(16-14-26)22-9-5-8-21-19(22)10-11-25-21;23-19-16-17(24)6-7-22(19)28-15-2-1-10-26-11-13-27(14-12-26)21-5-3-4-20-18(21)8-9-25-20/h4-11,25H,2-3,12-17H2,1H3;3-9,16,25H,1-2,10-15H2. The van der Waals surface area contributed by atoms with Gasteiger partial charge in [0.15, 0.2) is 0 Å². The molecule has 4 heterocycles. The lowest BCUT2D eigenvalue weighted by atomic mass is 10.1. The number of nitrogens with one attached hydrogen (secondary N) is 2. The van der Waals surface area contributed by atoms with Crippen molar-refractivity contribution in [2.45, 2.75) is 37.5 Å². The van der Waals surface area contributed by atoms with Gasteiger partial charge in [-0.25, -0.2) is 4.39 Å². The number of aryl methyl sites for hydroxylation is 1. The predicted molar refractivity (Wildman–Crippen MR) is 239 cm³/mol. The molecule has 0 amide bonds. The first-order valence-corrected chi connectivity index (χ1v) is 22.1. The Morgan fingerprint density at radius 1 is 0.696 bits per heavy atom. The minimum absolute atomic E-state index is 0.258. The summed E-state index contributed by atoms with van der Waals surface area (Å²) in [6, 6.07) is 28.1. The Labute approximate surface area is 348 Å². The van der Waals surface area contributed by atoms with Gasteiger partial charge in [0.05, 0.1) is 16.1 Å². The van der Waals surface area contributed by atoms with Crippen LogP contribution in [0.5, 0.6) is 5.75 Å². The summed E-state index contributed by atoms with van der Waals surface area (Å²) in [6.45, 7) is 13.9. The number of ether oxygens (including phenoxy) is 1. The molecular weight excluding hydrogens is 807 g/mol. The molecule has 2 aromatic heterocycles. The van der Waals surface area contributed by atoms with Crippen molar-refractivity contribution in [1.82, 2.24) is 19.8 Å². The topological polar surface area (TPSA) is 53.8 Å². The first-order valence-electron chi connectivity index (χ1n) is 20.0. The molecule has 0 aliphatic carbocycles. The van der Waals surface area contributed by atoms with E-state index in [1.807, 2.05) is 36.3 Å². The zero-order valence-corrected chi connectivity index (χ0v) is 35.4. The van der Waals surface area contributed by atoms with E-state index in [0.717, 1.165) is 82.5 Å². The Hall–Kier alpha value is -3.67. The number of thioether (sulfide) groups is 1. The van der Waals surface area contributed by atoms with Crippen LogP contribution >= 0.6 is 39.3 Å². The van der Waals surface area contributed by atoms with Gasteiger partial charge in [0.25, 0.3) is 0 Å². The number of nitrogens with zero attached hydrogens (tertiary/aromatic N) is 4. The molecule has 0 bridgehead atoms. The quantitative estimate of drug-likeness (QED) is 0.0841. The molecule has 296 valence electrons. The van der Waals surface area contributed by atoms with E-state index >= 15 is 0 Å². The van der Waals surface area contributed by atoms with E-state index in [9.17, 15) is 4.39 Å². The van der Waals surface area contributed by atoms with E-state index in [1.54, 1.807) is 6.07 Å². The number of hydrogen-bond donors (Lipinski definition) is 2. The Morgan fingerprint density at radius 3 is 1.84 bits per heavy atom. The van der Waals surface area contributed by atoms with E-state index in [0.29, 0.717) is 16.8 Å². The van der Waals surface area contributed by atoms with Crippen LogP contribution in [0.1, 0.15) is 31.2 Å². The number of anilines is 2. The van der Waals surface area contributed by atoms with Gasteiger partial charge in [0, 0.05) is 103 Å². The number of fused-ring (bicyclic) bond motifs is 2. The van der Waals surface area contributed by atoms with Crippen LogP contribution in [0, 0.1) is 12.7 Å². The van der Waals surface area contributed by atoms with Crippen molar-refractivity contribution in [1.29, 1.82) is 0 Å². The number of H-pyrrole nitrogens is 2. The SMILES string of the molecule is Cc1cccc(Cl)c1SCCCCN1CCN(c2cccc3[nH]ccc23)CC1.Fc1ccc(OCCCCN2CCN(c3cccc4[nH]ccc34)CC2)c(Br)c1. The van der Waals surface area contributed by atoms with Crippen molar-refractivity contribution in [3.63, 3.8) is 0 Å². The number of halogens is 3. The van der Waals surface area contributed by atoms with E-state index in [-0.39, 0.29) is 5.82 Å². The zero-order chi connectivity index (χ0) is 38.7. The van der Waals surface area contributed by atoms with Crippen LogP contribution in [-0.2, 0) is 0 Å². The number of rotatable bonds is 14. The molecule has 2 saturated heterocycles. The summed E-state index contributed by atoms with van der Waals surface area (Å²) < 4.78 is 19.5.